The Morgan fingerprint density at radius 2 is 2.04 bits per heavy atom. The van der Waals surface area contributed by atoms with Crippen LogP contribution in [0, 0.1) is 6.92 Å². The van der Waals surface area contributed by atoms with E-state index in [1.165, 1.54) is 12.8 Å². The van der Waals surface area contributed by atoms with Crippen molar-refractivity contribution in [2.24, 2.45) is 0 Å². The first-order chi connectivity index (χ1) is 11.2. The van der Waals surface area contributed by atoms with Crippen LogP contribution in [0.5, 0.6) is 0 Å². The fraction of sp³-hybridized carbons (Fsp3) is 0.333. The molecule has 3 rings (SSSR count). The molecule has 0 radical (unpaired) electrons. The fourth-order valence-corrected chi connectivity index (χ4v) is 2.73. The van der Waals surface area contributed by atoms with Gasteiger partial charge < -0.3 is 15.5 Å². The number of amides is 2. The number of urea groups is 1. The molecule has 2 heterocycles. The molecule has 0 bridgehead atoms. The molecule has 1 aromatic carbocycles. The van der Waals surface area contributed by atoms with E-state index in [9.17, 15) is 4.79 Å². The average molecular weight is 310 g/mol. The Morgan fingerprint density at radius 3 is 2.74 bits per heavy atom. The Kier molecular flexibility index (Phi) is 4.76. The largest absolute Gasteiger partial charge is 0.357 e. The molecule has 5 nitrogen and oxygen atoms in total. The van der Waals surface area contributed by atoms with Gasteiger partial charge in [-0.3, -0.25) is 0 Å². The quantitative estimate of drug-likeness (QED) is 0.911. The molecule has 1 aliphatic rings. The van der Waals surface area contributed by atoms with E-state index < -0.39 is 0 Å². The molecule has 0 aliphatic carbocycles. The summed E-state index contributed by atoms with van der Waals surface area (Å²) in [5, 5.41) is 5.68. The lowest BCUT2D eigenvalue weighted by atomic mass is 10.2. The van der Waals surface area contributed by atoms with Crippen LogP contribution >= 0.6 is 0 Å². The topological polar surface area (TPSA) is 57.3 Å². The number of rotatable bonds is 4. The number of pyridine rings is 1. The van der Waals surface area contributed by atoms with E-state index in [-0.39, 0.29) is 6.03 Å². The van der Waals surface area contributed by atoms with Crippen LogP contribution in [0.25, 0.3) is 0 Å². The summed E-state index contributed by atoms with van der Waals surface area (Å²) in [5.74, 6) is 1.02. The van der Waals surface area contributed by atoms with Crippen LogP contribution in [-0.4, -0.2) is 24.1 Å². The van der Waals surface area contributed by atoms with Gasteiger partial charge >= 0.3 is 6.03 Å². The van der Waals surface area contributed by atoms with Gasteiger partial charge in [-0.2, -0.15) is 0 Å². The Bertz CT molecular complexity index is 663. The van der Waals surface area contributed by atoms with E-state index in [1.807, 2.05) is 49.5 Å². The minimum atomic E-state index is -0.209. The number of aryl methyl sites for hydroxylation is 1. The van der Waals surface area contributed by atoms with Crippen molar-refractivity contribution in [1.29, 1.82) is 0 Å². The van der Waals surface area contributed by atoms with Gasteiger partial charge in [0.25, 0.3) is 0 Å². The van der Waals surface area contributed by atoms with Gasteiger partial charge in [0.2, 0.25) is 0 Å². The lowest BCUT2D eigenvalue weighted by molar-refractivity contribution is 0.251. The predicted octanol–water partition coefficient (Wildman–Crippen LogP) is 3.31. The molecule has 0 saturated carbocycles. The number of hydrogen-bond donors (Lipinski definition) is 2. The van der Waals surface area contributed by atoms with Gasteiger partial charge in [0.1, 0.15) is 5.82 Å². The van der Waals surface area contributed by atoms with Crippen molar-refractivity contribution in [1.82, 2.24) is 10.3 Å². The summed E-state index contributed by atoms with van der Waals surface area (Å²) in [6, 6.07) is 11.6. The van der Waals surface area contributed by atoms with Crippen LogP contribution in [0.3, 0.4) is 0 Å². The number of anilines is 2. The lowest BCUT2D eigenvalue weighted by Crippen LogP contribution is -2.28. The van der Waals surface area contributed by atoms with E-state index in [0.717, 1.165) is 35.7 Å². The predicted molar refractivity (Wildman–Crippen MR) is 92.7 cm³/mol. The summed E-state index contributed by atoms with van der Waals surface area (Å²) in [4.78, 5) is 18.7. The summed E-state index contributed by atoms with van der Waals surface area (Å²) in [5.41, 5.74) is 2.90. The first-order valence-electron chi connectivity index (χ1n) is 8.02. The van der Waals surface area contributed by atoms with Crippen LogP contribution in [0.4, 0.5) is 16.3 Å². The van der Waals surface area contributed by atoms with Gasteiger partial charge in [-0.1, -0.05) is 18.2 Å². The molecule has 23 heavy (non-hydrogen) atoms. The minimum absolute atomic E-state index is 0.209. The maximum Gasteiger partial charge on any atom is 0.319 e. The highest BCUT2D eigenvalue weighted by Gasteiger charge is 2.13. The lowest BCUT2D eigenvalue weighted by Gasteiger charge is -2.16. The highest BCUT2D eigenvalue weighted by molar-refractivity contribution is 5.89. The molecule has 1 aromatic heterocycles. The van der Waals surface area contributed by atoms with Gasteiger partial charge in [-0.15, -0.1) is 0 Å². The first-order valence-corrected chi connectivity index (χ1v) is 8.02. The van der Waals surface area contributed by atoms with Crippen LogP contribution in [-0.2, 0) is 6.54 Å². The van der Waals surface area contributed by atoms with E-state index >= 15 is 0 Å². The van der Waals surface area contributed by atoms with Crippen molar-refractivity contribution >= 4 is 17.5 Å². The molecule has 0 unspecified atom stereocenters. The van der Waals surface area contributed by atoms with E-state index in [1.54, 1.807) is 0 Å². The third-order valence-electron chi connectivity index (χ3n) is 3.97. The Hall–Kier alpha value is -2.56. The van der Waals surface area contributed by atoms with Crippen molar-refractivity contribution in [2.75, 3.05) is 23.3 Å². The molecular weight excluding hydrogens is 288 g/mol. The normalized spacial score (nSPS) is 13.9. The monoisotopic (exact) mass is 310 g/mol. The third kappa shape index (κ3) is 4.22. The molecule has 1 saturated heterocycles. The van der Waals surface area contributed by atoms with Crippen molar-refractivity contribution in [2.45, 2.75) is 26.3 Å². The van der Waals surface area contributed by atoms with Crippen LogP contribution < -0.4 is 15.5 Å². The van der Waals surface area contributed by atoms with Crippen molar-refractivity contribution in [3.63, 3.8) is 0 Å². The summed E-state index contributed by atoms with van der Waals surface area (Å²) < 4.78 is 0. The Balaban J connectivity index is 1.50. The van der Waals surface area contributed by atoms with Crippen molar-refractivity contribution in [3.05, 3.63) is 53.7 Å². The fourth-order valence-electron chi connectivity index (χ4n) is 2.73. The summed E-state index contributed by atoms with van der Waals surface area (Å²) in [6.07, 6.45) is 4.31. The number of benzene rings is 1. The minimum Gasteiger partial charge on any atom is -0.357 e. The van der Waals surface area contributed by atoms with E-state index in [0.29, 0.717) is 6.54 Å². The van der Waals surface area contributed by atoms with Crippen molar-refractivity contribution in [3.8, 4) is 0 Å². The number of carbonyl (C=O) groups excluding carboxylic acids is 1. The maximum atomic E-state index is 11.9. The van der Waals surface area contributed by atoms with Crippen LogP contribution in [0.15, 0.2) is 42.6 Å². The maximum absolute atomic E-state index is 11.9. The summed E-state index contributed by atoms with van der Waals surface area (Å²) >= 11 is 0. The number of carbonyl (C=O) groups is 1. The van der Waals surface area contributed by atoms with Gasteiger partial charge in [0.15, 0.2) is 0 Å². The molecule has 5 heteroatoms. The first kappa shape index (κ1) is 15.3. The van der Waals surface area contributed by atoms with Gasteiger partial charge in [-0.25, -0.2) is 9.78 Å². The molecule has 2 N–H and O–H groups in total. The third-order valence-corrected chi connectivity index (χ3v) is 3.97. The van der Waals surface area contributed by atoms with Crippen molar-refractivity contribution < 1.29 is 4.79 Å². The molecule has 0 spiro atoms. The zero-order chi connectivity index (χ0) is 16.1. The highest BCUT2D eigenvalue weighted by Crippen LogP contribution is 2.17. The molecular formula is C18H22N4O. The molecule has 0 atom stereocenters. The summed E-state index contributed by atoms with van der Waals surface area (Å²) in [6.45, 7) is 4.63. The van der Waals surface area contributed by atoms with Crippen LogP contribution in [0.1, 0.15) is 24.0 Å². The Labute approximate surface area is 136 Å². The smallest absolute Gasteiger partial charge is 0.319 e. The zero-order valence-corrected chi connectivity index (χ0v) is 13.4. The number of aromatic nitrogens is 1. The molecule has 1 fully saturated rings. The molecule has 1 aliphatic heterocycles. The number of nitrogens with one attached hydrogen (secondary N) is 2. The van der Waals surface area contributed by atoms with Gasteiger partial charge in [-0.05, 0) is 49.1 Å². The Morgan fingerprint density at radius 1 is 1.22 bits per heavy atom. The van der Waals surface area contributed by atoms with Crippen LogP contribution in [0.2, 0.25) is 0 Å². The average Bonchev–Trinajstić information content (AvgIpc) is 3.08. The van der Waals surface area contributed by atoms with E-state index in [2.05, 4.69) is 20.5 Å². The van der Waals surface area contributed by atoms with Gasteiger partial charge in [0, 0.05) is 31.5 Å². The second-order valence-electron chi connectivity index (χ2n) is 5.90. The number of nitrogens with zero attached hydrogens (tertiary/aromatic N) is 2. The van der Waals surface area contributed by atoms with E-state index in [4.69, 9.17) is 0 Å². The SMILES string of the molecule is Cc1cccc(NC(=O)NCc2ccc(N3CCCC3)nc2)c1. The standard InChI is InChI=1S/C18H22N4O/c1-14-5-4-6-16(11-14)21-18(23)20-13-15-7-8-17(19-12-15)22-9-2-3-10-22/h4-8,11-12H,2-3,9-10,13H2,1H3,(H2,20,21,23). The van der Waals surface area contributed by atoms with Gasteiger partial charge in [0.05, 0.1) is 0 Å². The zero-order valence-electron chi connectivity index (χ0n) is 13.4. The molecule has 2 aromatic rings. The summed E-state index contributed by atoms with van der Waals surface area (Å²) in [7, 11) is 0. The second-order valence-corrected chi connectivity index (χ2v) is 5.90. The number of hydrogen-bond acceptors (Lipinski definition) is 3. The second kappa shape index (κ2) is 7.13. The molecule has 2 amide bonds. The molecule has 120 valence electrons. The highest BCUT2D eigenvalue weighted by atomic mass is 16.2.